The third-order valence-corrected chi connectivity index (χ3v) is 1.68. The molecule has 0 fully saturated rings. The van der Waals surface area contributed by atoms with E-state index in [2.05, 4.69) is 39.0 Å². The molecule has 0 radical (unpaired) electrons. The largest absolute Gasteiger partial charge is 0.0776 e. The highest BCUT2D eigenvalue weighted by molar-refractivity contribution is 5.33. The minimum Gasteiger partial charge on any atom is -0.0776 e. The third-order valence-electron chi connectivity index (χ3n) is 1.68. The van der Waals surface area contributed by atoms with Crippen LogP contribution in [0.4, 0.5) is 0 Å². The zero-order valence-corrected chi connectivity index (χ0v) is 6.94. The van der Waals surface area contributed by atoms with Crippen molar-refractivity contribution in [2.45, 2.75) is 34.6 Å². The summed E-state index contributed by atoms with van der Waals surface area (Å²) >= 11 is 0. The van der Waals surface area contributed by atoms with Gasteiger partial charge in [-0.25, -0.2) is 0 Å². The maximum Gasteiger partial charge on any atom is -0.0133 e. The van der Waals surface area contributed by atoms with Crippen LogP contribution in [0.15, 0.2) is 34.9 Å². The van der Waals surface area contributed by atoms with Gasteiger partial charge in [-0.3, -0.25) is 0 Å². The Hall–Kier alpha value is -0.780. The summed E-state index contributed by atoms with van der Waals surface area (Å²) in [7, 11) is 0. The van der Waals surface area contributed by atoms with E-state index in [1.54, 1.807) is 0 Å². The summed E-state index contributed by atoms with van der Waals surface area (Å²) in [6.07, 6.45) is 7.84. The van der Waals surface area contributed by atoms with Gasteiger partial charge in [0, 0.05) is 0 Å². The maximum absolute atomic E-state index is 2.27. The van der Waals surface area contributed by atoms with E-state index in [9.17, 15) is 0 Å². The van der Waals surface area contributed by atoms with Crippen LogP contribution in [0.2, 0.25) is 0 Å². The van der Waals surface area contributed by atoms with E-state index < -0.39 is 0 Å². The molecule has 0 N–H and O–H groups in total. The van der Waals surface area contributed by atoms with Crippen molar-refractivity contribution < 1.29 is 0 Å². The monoisotopic (exact) mass is 150 g/mol. The second-order valence-corrected chi connectivity index (χ2v) is 3.03. The molecule has 0 heteroatoms. The SMILES string of the molecule is C.CC1=CCC(C)=CC(C)=C1. The fourth-order valence-electron chi connectivity index (χ4n) is 1.23. The van der Waals surface area contributed by atoms with Crippen LogP contribution in [0.25, 0.3) is 0 Å². The number of rotatable bonds is 0. The first-order valence-corrected chi connectivity index (χ1v) is 3.71. The lowest BCUT2D eigenvalue weighted by Gasteiger charge is -1.91. The first kappa shape index (κ1) is 10.2. The summed E-state index contributed by atoms with van der Waals surface area (Å²) in [4.78, 5) is 0. The molecular weight excluding hydrogens is 132 g/mol. The number of hydrogen-bond acceptors (Lipinski definition) is 0. The van der Waals surface area contributed by atoms with Crippen molar-refractivity contribution in [1.82, 2.24) is 0 Å². The van der Waals surface area contributed by atoms with Gasteiger partial charge in [0.05, 0.1) is 0 Å². The molecule has 0 atom stereocenters. The Labute approximate surface area is 70.3 Å². The lowest BCUT2D eigenvalue weighted by atomic mass is 10.2. The molecule has 0 aliphatic heterocycles. The molecule has 1 rings (SSSR count). The Balaban J connectivity index is 0.000001000. The highest BCUT2D eigenvalue weighted by Crippen LogP contribution is 2.14. The summed E-state index contributed by atoms with van der Waals surface area (Å²) in [5, 5.41) is 0. The Bertz CT molecular complexity index is 214. The van der Waals surface area contributed by atoms with Crippen LogP contribution in [0.3, 0.4) is 0 Å². The van der Waals surface area contributed by atoms with Gasteiger partial charge in [-0.2, -0.15) is 0 Å². The molecule has 62 valence electrons. The Morgan fingerprint density at radius 3 is 2.27 bits per heavy atom. The van der Waals surface area contributed by atoms with Crippen LogP contribution in [0, 0.1) is 0 Å². The quantitative estimate of drug-likeness (QED) is 0.492. The molecule has 11 heavy (non-hydrogen) atoms. The van der Waals surface area contributed by atoms with Crippen molar-refractivity contribution in [3.63, 3.8) is 0 Å². The van der Waals surface area contributed by atoms with Gasteiger partial charge in [0.1, 0.15) is 0 Å². The van der Waals surface area contributed by atoms with Crippen LogP contribution in [0.1, 0.15) is 34.6 Å². The van der Waals surface area contributed by atoms with Gasteiger partial charge in [-0.1, -0.05) is 42.4 Å². The van der Waals surface area contributed by atoms with E-state index in [1.165, 1.54) is 16.7 Å². The minimum atomic E-state index is 0. The highest BCUT2D eigenvalue weighted by atomic mass is 14.0. The van der Waals surface area contributed by atoms with E-state index >= 15 is 0 Å². The molecule has 0 saturated carbocycles. The van der Waals surface area contributed by atoms with Gasteiger partial charge >= 0.3 is 0 Å². The summed E-state index contributed by atoms with van der Waals surface area (Å²) in [5.74, 6) is 0. The summed E-state index contributed by atoms with van der Waals surface area (Å²) in [6.45, 7) is 6.47. The molecule has 0 aromatic rings. The fraction of sp³-hybridized carbons (Fsp3) is 0.455. The van der Waals surface area contributed by atoms with Crippen molar-refractivity contribution in [2.75, 3.05) is 0 Å². The van der Waals surface area contributed by atoms with Crippen LogP contribution in [-0.2, 0) is 0 Å². The predicted molar refractivity (Wildman–Crippen MR) is 52.6 cm³/mol. The van der Waals surface area contributed by atoms with Crippen molar-refractivity contribution in [2.24, 2.45) is 0 Å². The zero-order chi connectivity index (χ0) is 7.56. The molecule has 0 spiro atoms. The van der Waals surface area contributed by atoms with Crippen molar-refractivity contribution >= 4 is 0 Å². The molecule has 0 heterocycles. The molecular formula is C11H18. The first-order valence-electron chi connectivity index (χ1n) is 3.71. The molecule has 0 amide bonds. The van der Waals surface area contributed by atoms with Gasteiger partial charge < -0.3 is 0 Å². The summed E-state index contributed by atoms with van der Waals surface area (Å²) in [6, 6.07) is 0. The summed E-state index contributed by atoms with van der Waals surface area (Å²) in [5.41, 5.74) is 4.19. The highest BCUT2D eigenvalue weighted by Gasteiger charge is 1.94. The lowest BCUT2D eigenvalue weighted by Crippen LogP contribution is -1.70. The number of hydrogen-bond donors (Lipinski definition) is 0. The first-order chi connectivity index (χ1) is 4.68. The van der Waals surface area contributed by atoms with Crippen LogP contribution in [-0.4, -0.2) is 0 Å². The second kappa shape index (κ2) is 4.17. The average Bonchev–Trinajstić information content (AvgIpc) is 1.93. The van der Waals surface area contributed by atoms with E-state index in [4.69, 9.17) is 0 Å². The van der Waals surface area contributed by atoms with Gasteiger partial charge in [-0.05, 0) is 27.2 Å². The fourth-order valence-corrected chi connectivity index (χ4v) is 1.23. The van der Waals surface area contributed by atoms with Gasteiger partial charge in [0.2, 0.25) is 0 Å². The van der Waals surface area contributed by atoms with Crippen LogP contribution in [0.5, 0.6) is 0 Å². The Morgan fingerprint density at radius 2 is 1.64 bits per heavy atom. The molecule has 0 unspecified atom stereocenters. The van der Waals surface area contributed by atoms with Crippen LogP contribution < -0.4 is 0 Å². The topological polar surface area (TPSA) is 0 Å². The van der Waals surface area contributed by atoms with Gasteiger partial charge in [0.15, 0.2) is 0 Å². The zero-order valence-electron chi connectivity index (χ0n) is 6.94. The molecule has 0 aromatic carbocycles. The lowest BCUT2D eigenvalue weighted by molar-refractivity contribution is 1.20. The average molecular weight is 150 g/mol. The Morgan fingerprint density at radius 1 is 1.00 bits per heavy atom. The van der Waals surface area contributed by atoms with E-state index in [0.717, 1.165) is 6.42 Å². The van der Waals surface area contributed by atoms with E-state index in [0.29, 0.717) is 0 Å². The molecule has 1 aliphatic rings. The predicted octanol–water partition coefficient (Wildman–Crippen LogP) is 3.87. The molecule has 0 bridgehead atoms. The Kier molecular flexibility index (Phi) is 3.88. The van der Waals surface area contributed by atoms with Crippen molar-refractivity contribution in [1.29, 1.82) is 0 Å². The second-order valence-electron chi connectivity index (χ2n) is 3.03. The van der Waals surface area contributed by atoms with E-state index in [-0.39, 0.29) is 7.43 Å². The van der Waals surface area contributed by atoms with Crippen molar-refractivity contribution in [3.8, 4) is 0 Å². The molecule has 0 nitrogen and oxygen atoms in total. The normalized spacial score (nSPS) is 17.2. The van der Waals surface area contributed by atoms with E-state index in [1.807, 2.05) is 0 Å². The smallest absolute Gasteiger partial charge is 0.0133 e. The minimum absolute atomic E-state index is 0. The summed E-state index contributed by atoms with van der Waals surface area (Å²) < 4.78 is 0. The van der Waals surface area contributed by atoms with Gasteiger partial charge in [-0.15, -0.1) is 0 Å². The van der Waals surface area contributed by atoms with Gasteiger partial charge in [0.25, 0.3) is 0 Å². The molecule has 1 aliphatic carbocycles. The molecule has 0 saturated heterocycles. The maximum atomic E-state index is 2.27. The number of allylic oxidation sites excluding steroid dienone is 6. The standard InChI is InChI=1S/C10H14.CH4/c1-8-4-5-9(2)7-10(3)6-8;/h4,6-7H,5H2,1-3H3;1H4. The van der Waals surface area contributed by atoms with Crippen LogP contribution >= 0.6 is 0 Å². The van der Waals surface area contributed by atoms with Crippen molar-refractivity contribution in [3.05, 3.63) is 34.9 Å². The third kappa shape index (κ3) is 3.22. The molecule has 0 aromatic heterocycles.